The van der Waals surface area contributed by atoms with E-state index >= 15 is 0 Å². The van der Waals surface area contributed by atoms with Crippen LogP contribution in [-0.2, 0) is 6.54 Å². The second-order valence-electron chi connectivity index (χ2n) is 5.47. The number of para-hydroxylation sites is 1. The number of carbonyl (C=O) groups excluding carboxylic acids is 1. The number of nitrogens with one attached hydrogen (secondary N) is 2. The van der Waals surface area contributed by atoms with Crippen molar-refractivity contribution < 1.29 is 19.0 Å². The summed E-state index contributed by atoms with van der Waals surface area (Å²) in [6.07, 6.45) is 0. The van der Waals surface area contributed by atoms with Crippen molar-refractivity contribution >= 4 is 6.03 Å². The van der Waals surface area contributed by atoms with Crippen LogP contribution >= 0.6 is 0 Å². The molecule has 0 bridgehead atoms. The lowest BCUT2D eigenvalue weighted by Crippen LogP contribution is -2.36. The Kier molecular flexibility index (Phi) is 6.51. The summed E-state index contributed by atoms with van der Waals surface area (Å²) in [5.74, 6) is 2.03. The highest BCUT2D eigenvalue weighted by molar-refractivity contribution is 5.74. The van der Waals surface area contributed by atoms with E-state index in [2.05, 4.69) is 10.6 Å². The Bertz CT molecular complexity index is 718. The first kappa shape index (κ1) is 18.4. The number of carbonyl (C=O) groups is 1. The van der Waals surface area contributed by atoms with Crippen molar-refractivity contribution in [1.82, 2.24) is 10.6 Å². The second-order valence-corrected chi connectivity index (χ2v) is 5.47. The number of methoxy groups -OCH3 is 3. The van der Waals surface area contributed by atoms with Crippen molar-refractivity contribution in [2.45, 2.75) is 19.5 Å². The molecule has 6 heteroatoms. The van der Waals surface area contributed by atoms with Gasteiger partial charge in [0, 0.05) is 12.1 Å². The molecular weight excluding hydrogens is 320 g/mol. The maximum absolute atomic E-state index is 12.2. The van der Waals surface area contributed by atoms with Crippen LogP contribution in [0.2, 0.25) is 0 Å². The molecule has 0 heterocycles. The number of hydrogen-bond acceptors (Lipinski definition) is 4. The van der Waals surface area contributed by atoms with Crippen LogP contribution in [0.15, 0.2) is 42.5 Å². The van der Waals surface area contributed by atoms with Crippen LogP contribution in [0.5, 0.6) is 17.2 Å². The van der Waals surface area contributed by atoms with Gasteiger partial charge in [-0.15, -0.1) is 0 Å². The second kappa shape index (κ2) is 8.82. The van der Waals surface area contributed by atoms with Gasteiger partial charge in [-0.25, -0.2) is 4.79 Å². The lowest BCUT2D eigenvalue weighted by molar-refractivity contribution is 0.237. The molecule has 0 aromatic heterocycles. The SMILES string of the molecule is COc1ccccc1CNC(=O)NC(C)c1ccc(OC)c(OC)c1. The molecule has 0 radical (unpaired) electrons. The molecule has 1 atom stereocenters. The lowest BCUT2D eigenvalue weighted by Gasteiger charge is -2.17. The van der Waals surface area contributed by atoms with Crippen molar-refractivity contribution in [3.63, 3.8) is 0 Å². The molecule has 0 aliphatic heterocycles. The van der Waals surface area contributed by atoms with E-state index < -0.39 is 0 Å². The quantitative estimate of drug-likeness (QED) is 0.809. The number of amides is 2. The van der Waals surface area contributed by atoms with Gasteiger partial charge in [-0.2, -0.15) is 0 Å². The smallest absolute Gasteiger partial charge is 0.315 e. The average molecular weight is 344 g/mol. The molecule has 6 nitrogen and oxygen atoms in total. The molecule has 0 aliphatic rings. The molecule has 1 unspecified atom stereocenters. The summed E-state index contributed by atoms with van der Waals surface area (Å²) in [4.78, 5) is 12.2. The van der Waals surface area contributed by atoms with E-state index in [1.54, 1.807) is 21.3 Å². The highest BCUT2D eigenvalue weighted by Crippen LogP contribution is 2.29. The standard InChI is InChI=1S/C19H24N2O4/c1-13(14-9-10-17(24-3)18(11-14)25-4)21-19(22)20-12-15-7-5-6-8-16(15)23-2/h5-11,13H,12H2,1-4H3,(H2,20,21,22). The first-order valence-corrected chi connectivity index (χ1v) is 7.97. The normalized spacial score (nSPS) is 11.4. The zero-order valence-corrected chi connectivity index (χ0v) is 15.0. The average Bonchev–Trinajstić information content (AvgIpc) is 2.65. The van der Waals surface area contributed by atoms with E-state index in [9.17, 15) is 4.79 Å². The van der Waals surface area contributed by atoms with E-state index in [0.29, 0.717) is 18.0 Å². The molecule has 2 aromatic carbocycles. The van der Waals surface area contributed by atoms with Crippen LogP contribution in [-0.4, -0.2) is 27.4 Å². The Morgan fingerprint density at radius 1 is 0.960 bits per heavy atom. The van der Waals surface area contributed by atoms with Crippen molar-refractivity contribution in [3.8, 4) is 17.2 Å². The molecule has 134 valence electrons. The van der Waals surface area contributed by atoms with Crippen LogP contribution in [0.1, 0.15) is 24.1 Å². The maximum Gasteiger partial charge on any atom is 0.315 e. The predicted octanol–water partition coefficient (Wildman–Crippen LogP) is 3.27. The van der Waals surface area contributed by atoms with Crippen molar-refractivity contribution in [2.24, 2.45) is 0 Å². The molecular formula is C19H24N2O4. The van der Waals surface area contributed by atoms with E-state index in [4.69, 9.17) is 14.2 Å². The van der Waals surface area contributed by atoms with Gasteiger partial charge in [0.2, 0.25) is 0 Å². The summed E-state index contributed by atoms with van der Waals surface area (Å²) < 4.78 is 15.8. The van der Waals surface area contributed by atoms with Crippen LogP contribution in [0, 0.1) is 0 Å². The van der Waals surface area contributed by atoms with Gasteiger partial charge in [-0.1, -0.05) is 24.3 Å². The van der Waals surface area contributed by atoms with Gasteiger partial charge in [-0.3, -0.25) is 0 Å². The molecule has 2 N–H and O–H groups in total. The minimum Gasteiger partial charge on any atom is -0.496 e. The topological polar surface area (TPSA) is 68.8 Å². The first-order chi connectivity index (χ1) is 12.1. The number of urea groups is 1. The zero-order chi connectivity index (χ0) is 18.2. The largest absolute Gasteiger partial charge is 0.496 e. The molecule has 0 aliphatic carbocycles. The first-order valence-electron chi connectivity index (χ1n) is 7.97. The summed E-state index contributed by atoms with van der Waals surface area (Å²) >= 11 is 0. The summed E-state index contributed by atoms with van der Waals surface area (Å²) in [5, 5.41) is 5.74. The van der Waals surface area contributed by atoms with Crippen LogP contribution in [0.25, 0.3) is 0 Å². The van der Waals surface area contributed by atoms with Gasteiger partial charge in [0.25, 0.3) is 0 Å². The molecule has 0 fully saturated rings. The fourth-order valence-electron chi connectivity index (χ4n) is 2.48. The Morgan fingerprint density at radius 2 is 1.64 bits per heavy atom. The van der Waals surface area contributed by atoms with Crippen LogP contribution in [0.3, 0.4) is 0 Å². The van der Waals surface area contributed by atoms with Gasteiger partial charge in [0.05, 0.1) is 27.4 Å². The van der Waals surface area contributed by atoms with E-state index in [1.165, 1.54) is 0 Å². The van der Waals surface area contributed by atoms with Crippen LogP contribution < -0.4 is 24.8 Å². The molecule has 2 rings (SSSR count). The van der Waals surface area contributed by atoms with E-state index in [1.807, 2.05) is 49.4 Å². The molecule has 2 aromatic rings. The molecule has 0 saturated carbocycles. The monoisotopic (exact) mass is 344 g/mol. The summed E-state index contributed by atoms with van der Waals surface area (Å²) in [6, 6.07) is 12.7. The number of hydrogen-bond donors (Lipinski definition) is 2. The predicted molar refractivity (Wildman–Crippen MR) is 96.3 cm³/mol. The van der Waals surface area contributed by atoms with E-state index in [-0.39, 0.29) is 12.1 Å². The minimum absolute atomic E-state index is 0.183. The van der Waals surface area contributed by atoms with Crippen molar-refractivity contribution in [3.05, 3.63) is 53.6 Å². The zero-order valence-electron chi connectivity index (χ0n) is 15.0. The maximum atomic E-state index is 12.2. The molecule has 25 heavy (non-hydrogen) atoms. The van der Waals surface area contributed by atoms with Gasteiger partial charge >= 0.3 is 6.03 Å². The Morgan fingerprint density at radius 3 is 2.32 bits per heavy atom. The summed E-state index contributed by atoms with van der Waals surface area (Å²) in [7, 11) is 4.78. The fraction of sp³-hybridized carbons (Fsp3) is 0.316. The number of ether oxygens (including phenoxy) is 3. The Hall–Kier alpha value is -2.89. The highest BCUT2D eigenvalue weighted by Gasteiger charge is 2.13. The third-order valence-corrected chi connectivity index (χ3v) is 3.89. The van der Waals surface area contributed by atoms with Crippen molar-refractivity contribution in [1.29, 1.82) is 0 Å². The third kappa shape index (κ3) is 4.79. The van der Waals surface area contributed by atoms with Gasteiger partial charge in [0.15, 0.2) is 11.5 Å². The molecule has 0 spiro atoms. The highest BCUT2D eigenvalue weighted by atomic mass is 16.5. The Balaban J connectivity index is 1.96. The number of benzene rings is 2. The summed E-state index contributed by atoms with van der Waals surface area (Å²) in [5.41, 5.74) is 1.84. The van der Waals surface area contributed by atoms with Crippen molar-refractivity contribution in [2.75, 3.05) is 21.3 Å². The van der Waals surface area contributed by atoms with Gasteiger partial charge in [-0.05, 0) is 30.7 Å². The molecule has 0 saturated heterocycles. The molecule has 2 amide bonds. The number of rotatable bonds is 7. The minimum atomic E-state index is -0.256. The van der Waals surface area contributed by atoms with E-state index in [0.717, 1.165) is 16.9 Å². The Labute approximate surface area is 148 Å². The van der Waals surface area contributed by atoms with Crippen LogP contribution in [0.4, 0.5) is 4.79 Å². The summed E-state index contributed by atoms with van der Waals surface area (Å²) in [6.45, 7) is 2.29. The lowest BCUT2D eigenvalue weighted by atomic mass is 10.1. The van der Waals surface area contributed by atoms with Gasteiger partial charge < -0.3 is 24.8 Å². The van der Waals surface area contributed by atoms with Gasteiger partial charge in [0.1, 0.15) is 5.75 Å². The fourth-order valence-corrected chi connectivity index (χ4v) is 2.48. The third-order valence-electron chi connectivity index (χ3n) is 3.89.